The SMILES string of the molecule is C=CC(=O)OC12C(F)C3(F)C(F)C(F)(C(F)C(F)(C3F)C1F)C2F. The van der Waals surface area contributed by atoms with Crippen LogP contribution in [0.3, 0.4) is 0 Å². The fraction of sp³-hybridized carbons (Fsp3) is 0.769. The van der Waals surface area contributed by atoms with Gasteiger partial charge in [0.1, 0.15) is 0 Å². The van der Waals surface area contributed by atoms with Crippen LogP contribution in [0, 0.1) is 0 Å². The fourth-order valence-electron chi connectivity index (χ4n) is 3.97. The maximum absolute atomic E-state index is 14.6. The highest BCUT2D eigenvalue weighted by Crippen LogP contribution is 2.70. The van der Waals surface area contributed by atoms with E-state index in [4.69, 9.17) is 0 Å². The van der Waals surface area contributed by atoms with E-state index in [1.807, 2.05) is 0 Å². The van der Waals surface area contributed by atoms with Crippen LogP contribution in [0.4, 0.5) is 39.5 Å². The molecule has 0 aromatic carbocycles. The van der Waals surface area contributed by atoms with E-state index in [2.05, 4.69) is 11.3 Å². The molecule has 136 valence electrons. The molecular weight excluding hydrogens is 359 g/mol. The van der Waals surface area contributed by atoms with Gasteiger partial charge in [-0.05, 0) is 0 Å². The average molecular weight is 368 g/mol. The molecule has 0 aromatic heterocycles. The molecule has 3 unspecified atom stereocenters. The summed E-state index contributed by atoms with van der Waals surface area (Å²) < 4.78 is 133. The zero-order valence-electron chi connectivity index (χ0n) is 11.5. The van der Waals surface area contributed by atoms with Crippen LogP contribution in [0.15, 0.2) is 12.7 Å². The van der Waals surface area contributed by atoms with Crippen molar-refractivity contribution < 1.29 is 49.0 Å². The molecule has 24 heavy (non-hydrogen) atoms. The molecule has 4 aliphatic rings. The molecule has 0 radical (unpaired) electrons. The van der Waals surface area contributed by atoms with E-state index < -0.39 is 65.6 Å². The van der Waals surface area contributed by atoms with Crippen molar-refractivity contribution in [1.82, 2.24) is 0 Å². The maximum atomic E-state index is 14.6. The van der Waals surface area contributed by atoms with Crippen molar-refractivity contribution in [2.75, 3.05) is 0 Å². The Morgan fingerprint density at radius 1 is 0.750 bits per heavy atom. The van der Waals surface area contributed by atoms with Crippen molar-refractivity contribution in [3.63, 3.8) is 0 Å². The van der Waals surface area contributed by atoms with Gasteiger partial charge in [-0.2, -0.15) is 0 Å². The molecule has 4 bridgehead atoms. The molecule has 0 aromatic rings. The van der Waals surface area contributed by atoms with Crippen molar-refractivity contribution in [2.45, 2.75) is 59.6 Å². The molecule has 0 amide bonds. The first-order valence-electron chi connectivity index (χ1n) is 6.65. The first-order chi connectivity index (χ1) is 10.9. The van der Waals surface area contributed by atoms with Gasteiger partial charge in [0.15, 0.2) is 37.0 Å². The highest BCUT2D eigenvalue weighted by Gasteiger charge is 2.98. The van der Waals surface area contributed by atoms with Crippen LogP contribution in [-0.4, -0.2) is 65.6 Å². The first-order valence-corrected chi connectivity index (χ1v) is 6.65. The van der Waals surface area contributed by atoms with Crippen molar-refractivity contribution in [1.29, 1.82) is 0 Å². The lowest BCUT2D eigenvalue weighted by atomic mass is 9.45. The first kappa shape index (κ1) is 17.4. The van der Waals surface area contributed by atoms with Crippen LogP contribution in [-0.2, 0) is 9.53 Å². The summed E-state index contributed by atoms with van der Waals surface area (Å²) in [6.45, 7) is 2.79. The Morgan fingerprint density at radius 2 is 1.04 bits per heavy atom. The minimum Gasteiger partial charge on any atom is -0.446 e. The number of hydrogen-bond acceptors (Lipinski definition) is 2. The predicted molar refractivity (Wildman–Crippen MR) is 59.9 cm³/mol. The highest BCUT2D eigenvalue weighted by atomic mass is 19.2. The molecule has 4 saturated carbocycles. The molecule has 0 aliphatic heterocycles. The van der Waals surface area contributed by atoms with Crippen LogP contribution in [0.25, 0.3) is 0 Å². The van der Waals surface area contributed by atoms with Crippen molar-refractivity contribution in [3.8, 4) is 0 Å². The van der Waals surface area contributed by atoms with Crippen molar-refractivity contribution >= 4 is 5.97 Å². The van der Waals surface area contributed by atoms with E-state index >= 15 is 0 Å². The van der Waals surface area contributed by atoms with Crippen LogP contribution in [0.2, 0.25) is 0 Å². The molecule has 4 aliphatic carbocycles. The zero-order chi connectivity index (χ0) is 18.5. The summed E-state index contributed by atoms with van der Waals surface area (Å²) in [4.78, 5) is 11.2. The summed E-state index contributed by atoms with van der Waals surface area (Å²) in [6, 6.07) is 0. The van der Waals surface area contributed by atoms with Crippen LogP contribution >= 0.6 is 0 Å². The van der Waals surface area contributed by atoms with E-state index in [0.717, 1.165) is 0 Å². The Balaban J connectivity index is 2.32. The second kappa shape index (κ2) is 4.40. The van der Waals surface area contributed by atoms with Gasteiger partial charge in [-0.25, -0.2) is 44.3 Å². The summed E-state index contributed by atoms with van der Waals surface area (Å²) in [5.41, 5.74) is -18.6. The van der Waals surface area contributed by atoms with E-state index in [0.29, 0.717) is 0 Å². The Morgan fingerprint density at radius 3 is 1.29 bits per heavy atom. The number of hydrogen-bond donors (Lipinski definition) is 0. The Bertz CT molecular complexity index is 534. The lowest BCUT2D eigenvalue weighted by Gasteiger charge is -2.68. The molecule has 3 atom stereocenters. The highest BCUT2D eigenvalue weighted by molar-refractivity contribution is 5.82. The molecule has 0 heterocycles. The standard InChI is InChI=1S/C13H9F9O2/c1-2-3(23)24-13-7(17)10(20)4(14)11(21,8(13)18)6(16)12(22,5(10)15)9(13)19/h2,4-9H,1H2. The van der Waals surface area contributed by atoms with E-state index in [-0.39, 0.29) is 6.08 Å². The van der Waals surface area contributed by atoms with Gasteiger partial charge in [0.2, 0.25) is 22.6 Å². The smallest absolute Gasteiger partial charge is 0.331 e. The normalized spacial score (nSPS) is 61.7. The molecule has 2 nitrogen and oxygen atoms in total. The lowest BCUT2D eigenvalue weighted by molar-refractivity contribution is -0.400. The van der Waals surface area contributed by atoms with E-state index in [1.54, 1.807) is 0 Å². The second-order valence-corrected chi connectivity index (χ2v) is 6.14. The predicted octanol–water partition coefficient (Wildman–Crippen LogP) is 2.65. The van der Waals surface area contributed by atoms with Gasteiger partial charge < -0.3 is 4.74 Å². The third-order valence-corrected chi connectivity index (χ3v) is 5.13. The lowest BCUT2D eigenvalue weighted by Crippen LogP contribution is -2.96. The maximum Gasteiger partial charge on any atom is 0.331 e. The number of ether oxygens (including phenoxy) is 1. The number of alkyl halides is 9. The number of halogens is 9. The van der Waals surface area contributed by atoms with Crippen LogP contribution < -0.4 is 0 Å². The molecule has 0 saturated heterocycles. The largest absolute Gasteiger partial charge is 0.446 e. The van der Waals surface area contributed by atoms with Gasteiger partial charge in [0.25, 0.3) is 0 Å². The molecule has 11 heteroatoms. The number of carbonyl (C=O) groups excluding carboxylic acids is 1. The third kappa shape index (κ3) is 1.31. The van der Waals surface area contributed by atoms with Crippen LogP contribution in [0.5, 0.6) is 0 Å². The van der Waals surface area contributed by atoms with Crippen molar-refractivity contribution in [3.05, 3.63) is 12.7 Å². The van der Waals surface area contributed by atoms with Crippen LogP contribution in [0.1, 0.15) is 0 Å². The summed E-state index contributed by atoms with van der Waals surface area (Å²) in [5.74, 6) is -1.85. The Labute approximate surface area is 128 Å². The summed E-state index contributed by atoms with van der Waals surface area (Å²) in [6.07, 6.45) is -24.1. The zero-order valence-corrected chi connectivity index (χ0v) is 11.5. The summed E-state index contributed by atoms with van der Waals surface area (Å²) in [5, 5.41) is 0. The van der Waals surface area contributed by atoms with Gasteiger partial charge in [0.05, 0.1) is 0 Å². The van der Waals surface area contributed by atoms with Gasteiger partial charge in [-0.3, -0.25) is 0 Å². The van der Waals surface area contributed by atoms with Gasteiger partial charge in [-0.15, -0.1) is 0 Å². The van der Waals surface area contributed by atoms with E-state index in [9.17, 15) is 44.3 Å². The minimum absolute atomic E-state index is 0.193. The molecular formula is C13H9F9O2. The molecule has 0 spiro atoms. The Kier molecular flexibility index (Phi) is 3.19. The average Bonchev–Trinajstić information content (AvgIpc) is 2.57. The monoisotopic (exact) mass is 368 g/mol. The fourth-order valence-corrected chi connectivity index (χ4v) is 3.97. The minimum atomic E-state index is -4.79. The third-order valence-electron chi connectivity index (χ3n) is 5.13. The van der Waals surface area contributed by atoms with Gasteiger partial charge in [-0.1, -0.05) is 6.58 Å². The number of rotatable bonds is 2. The summed E-state index contributed by atoms with van der Waals surface area (Å²) >= 11 is 0. The number of esters is 1. The van der Waals surface area contributed by atoms with Gasteiger partial charge >= 0.3 is 5.97 Å². The van der Waals surface area contributed by atoms with Gasteiger partial charge in [0, 0.05) is 6.08 Å². The number of carbonyl (C=O) groups is 1. The van der Waals surface area contributed by atoms with Crippen molar-refractivity contribution in [2.24, 2.45) is 0 Å². The molecule has 0 N–H and O–H groups in total. The quantitative estimate of drug-likeness (QED) is 0.426. The topological polar surface area (TPSA) is 26.3 Å². The van der Waals surface area contributed by atoms with E-state index in [1.165, 1.54) is 0 Å². The molecule has 4 fully saturated rings. The summed E-state index contributed by atoms with van der Waals surface area (Å²) in [7, 11) is 0. The molecule has 4 rings (SSSR count). The second-order valence-electron chi connectivity index (χ2n) is 6.14. The Hall–Kier alpha value is -1.42.